The van der Waals surface area contributed by atoms with Crippen LogP contribution in [0.25, 0.3) is 10.9 Å². The summed E-state index contributed by atoms with van der Waals surface area (Å²) in [6, 6.07) is 31.7. The number of aromatic amines is 1. The topological polar surface area (TPSA) is 136 Å². The van der Waals surface area contributed by atoms with Gasteiger partial charge >= 0.3 is 6.09 Å². The molecule has 10 heteroatoms. The highest BCUT2D eigenvalue weighted by molar-refractivity contribution is 5.87. The Bertz CT molecular complexity index is 2010. The molecule has 5 aromatic rings. The number of fused-ring (bicyclic) bond motifs is 4. The summed E-state index contributed by atoms with van der Waals surface area (Å²) in [5.74, 6) is 1.10. The largest absolute Gasteiger partial charge is 0.506 e. The van der Waals surface area contributed by atoms with Crippen molar-refractivity contribution in [1.82, 2.24) is 20.5 Å². The molecule has 1 amide bonds. The average molecular weight is 689 g/mol. The molecular weight excluding hydrogens is 644 g/mol. The maximum absolute atomic E-state index is 13.2. The highest BCUT2D eigenvalue weighted by Gasteiger charge is 2.37. The van der Waals surface area contributed by atoms with E-state index in [-0.39, 0.29) is 17.4 Å². The van der Waals surface area contributed by atoms with Gasteiger partial charge in [-0.1, -0.05) is 72.8 Å². The van der Waals surface area contributed by atoms with Gasteiger partial charge < -0.3 is 35.3 Å². The van der Waals surface area contributed by atoms with Gasteiger partial charge in [-0.05, 0) is 96.9 Å². The number of aliphatic hydroxyl groups is 1. The van der Waals surface area contributed by atoms with Gasteiger partial charge in [0.1, 0.15) is 24.2 Å². The molecule has 264 valence electrons. The third-order valence-corrected chi connectivity index (χ3v) is 10.0. The van der Waals surface area contributed by atoms with Gasteiger partial charge in [-0.2, -0.15) is 0 Å². The fraction of sp³-hybridized carbons (Fsp3) is 0.317. The van der Waals surface area contributed by atoms with Crippen LogP contribution in [-0.2, 0) is 17.8 Å². The summed E-state index contributed by atoms with van der Waals surface area (Å²) in [5.41, 5.74) is 4.66. The minimum absolute atomic E-state index is 0.0341. The minimum atomic E-state index is -0.818. The van der Waals surface area contributed by atoms with E-state index >= 15 is 0 Å². The molecule has 4 heterocycles. The number of H-pyrrole nitrogens is 1. The molecule has 2 bridgehead atoms. The first-order chi connectivity index (χ1) is 24.9. The van der Waals surface area contributed by atoms with Crippen LogP contribution in [0.15, 0.2) is 108 Å². The lowest BCUT2D eigenvalue weighted by Crippen LogP contribution is -2.52. The number of nitrogens with one attached hydrogen (secondary N) is 3. The summed E-state index contributed by atoms with van der Waals surface area (Å²) in [5, 5.41) is 28.1. The van der Waals surface area contributed by atoms with Crippen LogP contribution in [0, 0.1) is 5.92 Å². The number of carbonyl (C=O) groups excluding carboxylic acids is 1. The monoisotopic (exact) mass is 688 g/mol. The Morgan fingerprint density at radius 3 is 2.49 bits per heavy atom. The van der Waals surface area contributed by atoms with Gasteiger partial charge in [-0.15, -0.1) is 0 Å². The second kappa shape index (κ2) is 15.8. The number of aromatic nitrogens is 1. The maximum Gasteiger partial charge on any atom is 0.408 e. The zero-order valence-corrected chi connectivity index (χ0v) is 28.5. The molecular formula is C41H44N4O6. The number of hydrogen-bond donors (Lipinski definition) is 5. The van der Waals surface area contributed by atoms with E-state index in [1.54, 1.807) is 12.1 Å². The molecule has 3 aliphatic heterocycles. The normalized spacial score (nSPS) is 19.4. The van der Waals surface area contributed by atoms with E-state index in [0.717, 1.165) is 61.2 Å². The number of phenolic OH excluding ortho intramolecular Hbond substituents is 1. The van der Waals surface area contributed by atoms with E-state index in [0.29, 0.717) is 47.8 Å². The maximum atomic E-state index is 13.2. The molecule has 1 unspecified atom stereocenters. The molecule has 0 radical (unpaired) electrons. The second-order valence-corrected chi connectivity index (χ2v) is 13.5. The lowest BCUT2D eigenvalue weighted by atomic mass is 9.86. The van der Waals surface area contributed by atoms with Crippen molar-refractivity contribution in [2.75, 3.05) is 32.7 Å². The highest BCUT2D eigenvalue weighted by atomic mass is 16.6. The van der Waals surface area contributed by atoms with Crippen LogP contribution in [0.1, 0.15) is 52.8 Å². The lowest BCUT2D eigenvalue weighted by Gasteiger charge is -2.43. The molecule has 51 heavy (non-hydrogen) atoms. The van der Waals surface area contributed by atoms with Crippen molar-refractivity contribution in [2.24, 2.45) is 5.92 Å². The predicted octanol–water partition coefficient (Wildman–Crippen LogP) is 5.59. The summed E-state index contributed by atoms with van der Waals surface area (Å²) >= 11 is 0. The van der Waals surface area contributed by atoms with E-state index < -0.39 is 18.2 Å². The van der Waals surface area contributed by atoms with E-state index in [1.165, 1.54) is 12.1 Å². The SMILES string of the molecule is O=C(NC(c1ccccc1)c1cccc(OCc2cccc(CCNC[C@@H](O)c3ccc(O)c4[nH]c(=O)ccc34)c2)c1)O[C@H]1CN2CCC1CC2. The van der Waals surface area contributed by atoms with Crippen LogP contribution in [0.2, 0.25) is 0 Å². The first-order valence-electron chi connectivity index (χ1n) is 17.7. The van der Waals surface area contributed by atoms with E-state index in [9.17, 15) is 19.8 Å². The Labute approximate surface area is 297 Å². The molecule has 0 aliphatic carbocycles. The van der Waals surface area contributed by atoms with E-state index in [1.807, 2.05) is 66.7 Å². The first-order valence-corrected chi connectivity index (χ1v) is 17.7. The van der Waals surface area contributed by atoms with Crippen molar-refractivity contribution in [1.29, 1.82) is 0 Å². The molecule has 5 N–H and O–H groups in total. The third-order valence-electron chi connectivity index (χ3n) is 10.0. The van der Waals surface area contributed by atoms with Crippen molar-refractivity contribution >= 4 is 17.0 Å². The summed E-state index contributed by atoms with van der Waals surface area (Å²) in [6.07, 6.45) is 1.61. The fourth-order valence-corrected chi connectivity index (χ4v) is 7.29. The van der Waals surface area contributed by atoms with Gasteiger partial charge in [0, 0.05) is 24.5 Å². The number of aliphatic hydroxyl groups excluding tert-OH is 1. The van der Waals surface area contributed by atoms with Gasteiger partial charge in [-0.25, -0.2) is 4.79 Å². The fourth-order valence-electron chi connectivity index (χ4n) is 7.29. The van der Waals surface area contributed by atoms with Crippen LogP contribution in [-0.4, -0.2) is 65.0 Å². The predicted molar refractivity (Wildman–Crippen MR) is 196 cm³/mol. The van der Waals surface area contributed by atoms with Gasteiger partial charge in [-0.3, -0.25) is 9.69 Å². The number of alkyl carbamates (subject to hydrolysis) is 1. The Morgan fingerprint density at radius 1 is 0.902 bits per heavy atom. The molecule has 10 nitrogen and oxygen atoms in total. The second-order valence-electron chi connectivity index (χ2n) is 13.5. The van der Waals surface area contributed by atoms with Crippen LogP contribution >= 0.6 is 0 Å². The van der Waals surface area contributed by atoms with Crippen LogP contribution < -0.4 is 20.9 Å². The quantitative estimate of drug-likeness (QED) is 0.101. The molecule has 3 atom stereocenters. The number of benzene rings is 4. The van der Waals surface area contributed by atoms with Crippen molar-refractivity contribution in [3.8, 4) is 11.5 Å². The third kappa shape index (κ3) is 8.42. The van der Waals surface area contributed by atoms with Crippen LogP contribution in [0.3, 0.4) is 0 Å². The Kier molecular flexibility index (Phi) is 10.6. The molecule has 1 aromatic heterocycles. The zero-order chi connectivity index (χ0) is 35.2. The van der Waals surface area contributed by atoms with Gasteiger partial charge in [0.25, 0.3) is 0 Å². The van der Waals surface area contributed by atoms with Crippen molar-refractivity contribution in [3.63, 3.8) is 0 Å². The number of nitrogens with zero attached hydrogens (tertiary/aromatic N) is 1. The van der Waals surface area contributed by atoms with Gasteiger partial charge in [0.2, 0.25) is 5.56 Å². The van der Waals surface area contributed by atoms with Crippen molar-refractivity contribution in [2.45, 2.75) is 44.1 Å². The Morgan fingerprint density at radius 2 is 1.69 bits per heavy atom. The summed E-state index contributed by atoms with van der Waals surface area (Å²) in [4.78, 5) is 29.9. The number of rotatable bonds is 13. The van der Waals surface area contributed by atoms with E-state index in [2.05, 4.69) is 32.7 Å². The number of piperidine rings is 3. The van der Waals surface area contributed by atoms with Gasteiger partial charge in [0.05, 0.1) is 17.7 Å². The Balaban J connectivity index is 0.939. The summed E-state index contributed by atoms with van der Waals surface area (Å²) in [6.45, 7) is 4.32. The summed E-state index contributed by atoms with van der Waals surface area (Å²) < 4.78 is 12.2. The smallest absolute Gasteiger partial charge is 0.408 e. The van der Waals surface area contributed by atoms with E-state index in [4.69, 9.17) is 9.47 Å². The number of carbonyl (C=O) groups is 1. The zero-order valence-electron chi connectivity index (χ0n) is 28.5. The minimum Gasteiger partial charge on any atom is -0.506 e. The number of phenols is 1. The standard InChI is InChI=1S/C41H44N4O6/c46-35-14-12-33(34-13-15-38(48)43-40(34)35)36(47)24-42-19-16-27-6-4-7-28(22-27)26-50-32-11-5-10-31(23-32)39(30-8-2-1-3-9-30)44-41(49)51-37-25-45-20-17-29(37)18-21-45/h1-15,22-23,29,36-37,39,42,46-47H,16-21,24-26H2,(H,43,48)(H,44,49)/t36-,37+,39?/m1/s1. The van der Waals surface area contributed by atoms with Crippen molar-refractivity contribution in [3.05, 3.63) is 141 Å². The summed E-state index contributed by atoms with van der Waals surface area (Å²) in [7, 11) is 0. The number of amides is 1. The van der Waals surface area contributed by atoms with Crippen LogP contribution in [0.4, 0.5) is 4.79 Å². The lowest BCUT2D eigenvalue weighted by molar-refractivity contribution is -0.0336. The molecule has 0 saturated carbocycles. The molecule has 3 saturated heterocycles. The molecule has 4 aromatic carbocycles. The number of pyridine rings is 1. The first kappa shape index (κ1) is 34.3. The molecule has 0 spiro atoms. The molecule has 3 fully saturated rings. The van der Waals surface area contributed by atoms with Crippen LogP contribution in [0.5, 0.6) is 11.5 Å². The number of ether oxygens (including phenoxy) is 2. The molecule has 8 rings (SSSR count). The number of hydrogen-bond acceptors (Lipinski definition) is 8. The molecule has 3 aliphatic rings. The average Bonchev–Trinajstić information content (AvgIpc) is 3.16. The number of aromatic hydroxyl groups is 1. The Hall–Kier alpha value is -5.16. The van der Waals surface area contributed by atoms with Gasteiger partial charge in [0.15, 0.2) is 0 Å². The van der Waals surface area contributed by atoms with Crippen molar-refractivity contribution < 1.29 is 24.5 Å². The highest BCUT2D eigenvalue weighted by Crippen LogP contribution is 2.31.